The molecule has 1 saturated carbocycles. The van der Waals surface area contributed by atoms with Gasteiger partial charge in [0.15, 0.2) is 5.69 Å². The van der Waals surface area contributed by atoms with Crippen LogP contribution in [0.15, 0.2) is 10.7 Å². The van der Waals surface area contributed by atoms with E-state index in [4.69, 9.17) is 9.52 Å². The van der Waals surface area contributed by atoms with Crippen LogP contribution >= 0.6 is 0 Å². The normalized spacial score (nSPS) is 18.2. The van der Waals surface area contributed by atoms with Gasteiger partial charge in [-0.25, -0.2) is 4.79 Å². The van der Waals surface area contributed by atoms with Gasteiger partial charge < -0.3 is 19.9 Å². The summed E-state index contributed by atoms with van der Waals surface area (Å²) < 4.78 is 4.99. The van der Waals surface area contributed by atoms with Crippen molar-refractivity contribution in [2.24, 2.45) is 5.41 Å². The van der Waals surface area contributed by atoms with Crippen molar-refractivity contribution in [3.05, 3.63) is 12.0 Å². The van der Waals surface area contributed by atoms with Crippen molar-refractivity contribution in [3.8, 4) is 0 Å². The Hall–Kier alpha value is -1.56. The fourth-order valence-corrected chi connectivity index (χ4v) is 2.23. The number of carboxylic acid groups (broad SMARTS) is 1. The zero-order valence-electron chi connectivity index (χ0n) is 9.48. The predicted molar refractivity (Wildman–Crippen MR) is 59.9 cm³/mol. The Kier molecular flexibility index (Phi) is 3.33. The first-order valence-electron chi connectivity index (χ1n) is 5.69. The lowest BCUT2D eigenvalue weighted by molar-refractivity contribution is 0.0690. The maximum absolute atomic E-state index is 10.6. The van der Waals surface area contributed by atoms with E-state index < -0.39 is 5.97 Å². The van der Waals surface area contributed by atoms with Crippen LogP contribution in [0.3, 0.4) is 0 Å². The van der Waals surface area contributed by atoms with Crippen molar-refractivity contribution in [2.45, 2.75) is 25.7 Å². The minimum atomic E-state index is -1.11. The Bertz CT molecular complexity index is 396. The van der Waals surface area contributed by atoms with E-state index in [0.717, 1.165) is 31.9 Å². The van der Waals surface area contributed by atoms with Gasteiger partial charge in [0.1, 0.15) is 6.26 Å². The molecule has 0 unspecified atom stereocenters. The molecule has 0 bridgehead atoms. The fourth-order valence-electron chi connectivity index (χ4n) is 2.23. The minimum Gasteiger partial charge on any atom is -0.476 e. The van der Waals surface area contributed by atoms with E-state index in [2.05, 4.69) is 10.3 Å². The second-order valence-electron chi connectivity index (χ2n) is 4.56. The molecule has 6 heteroatoms. The number of aromatic carboxylic acids is 1. The number of aliphatic hydroxyl groups excluding tert-OH is 1. The van der Waals surface area contributed by atoms with Gasteiger partial charge >= 0.3 is 5.97 Å². The summed E-state index contributed by atoms with van der Waals surface area (Å²) >= 11 is 0. The second-order valence-corrected chi connectivity index (χ2v) is 4.56. The average Bonchev–Trinajstić information content (AvgIpc) is 2.96. The smallest absolute Gasteiger partial charge is 0.357 e. The summed E-state index contributed by atoms with van der Waals surface area (Å²) in [6, 6.07) is 0.196. The molecule has 0 aromatic carbocycles. The summed E-state index contributed by atoms with van der Waals surface area (Å²) in [7, 11) is 0. The zero-order valence-corrected chi connectivity index (χ0v) is 9.48. The highest BCUT2D eigenvalue weighted by Gasteiger charge is 2.33. The molecule has 2 rings (SSSR count). The van der Waals surface area contributed by atoms with Gasteiger partial charge in [0.05, 0.1) is 6.61 Å². The summed E-state index contributed by atoms with van der Waals surface area (Å²) in [5, 5.41) is 21.0. The average molecular weight is 240 g/mol. The molecule has 94 valence electrons. The number of carbonyl (C=O) groups is 1. The topological polar surface area (TPSA) is 95.6 Å². The Balaban J connectivity index is 1.94. The van der Waals surface area contributed by atoms with E-state index >= 15 is 0 Å². The van der Waals surface area contributed by atoms with Crippen molar-refractivity contribution in [3.63, 3.8) is 0 Å². The predicted octanol–water partition coefficient (Wildman–Crippen LogP) is 1.34. The lowest BCUT2D eigenvalue weighted by atomic mass is 9.87. The molecule has 0 atom stereocenters. The zero-order chi connectivity index (χ0) is 12.3. The van der Waals surface area contributed by atoms with E-state index in [9.17, 15) is 9.90 Å². The van der Waals surface area contributed by atoms with E-state index in [1.807, 2.05) is 0 Å². The highest BCUT2D eigenvalue weighted by Crippen LogP contribution is 2.37. The molecule has 1 aliphatic rings. The number of hydrogen-bond donors (Lipinski definition) is 3. The Morgan fingerprint density at radius 1 is 1.53 bits per heavy atom. The van der Waals surface area contributed by atoms with Gasteiger partial charge in [0.25, 0.3) is 6.01 Å². The summed E-state index contributed by atoms with van der Waals surface area (Å²) in [5.41, 5.74) is -0.227. The van der Waals surface area contributed by atoms with Crippen LogP contribution in [-0.2, 0) is 0 Å². The number of nitrogens with one attached hydrogen (secondary N) is 1. The molecule has 1 aromatic rings. The van der Waals surface area contributed by atoms with Crippen LogP contribution in [0.4, 0.5) is 6.01 Å². The van der Waals surface area contributed by atoms with Crippen LogP contribution in [0.2, 0.25) is 0 Å². The second kappa shape index (κ2) is 4.75. The fraction of sp³-hybridized carbons (Fsp3) is 0.636. The van der Waals surface area contributed by atoms with Gasteiger partial charge in [0.2, 0.25) is 0 Å². The Morgan fingerprint density at radius 2 is 2.24 bits per heavy atom. The first kappa shape index (κ1) is 11.9. The maximum atomic E-state index is 10.6. The number of aromatic nitrogens is 1. The lowest BCUT2D eigenvalue weighted by Gasteiger charge is -2.25. The molecule has 3 N–H and O–H groups in total. The number of anilines is 1. The first-order chi connectivity index (χ1) is 8.15. The minimum absolute atomic E-state index is 0.113. The van der Waals surface area contributed by atoms with Crippen LogP contribution in [0.1, 0.15) is 36.2 Å². The Labute approximate surface area is 98.7 Å². The third-order valence-corrected chi connectivity index (χ3v) is 3.34. The molecular weight excluding hydrogens is 224 g/mol. The van der Waals surface area contributed by atoms with Gasteiger partial charge in [-0.15, -0.1) is 0 Å². The third-order valence-electron chi connectivity index (χ3n) is 3.34. The molecule has 1 fully saturated rings. The molecule has 0 spiro atoms. The largest absolute Gasteiger partial charge is 0.476 e. The van der Waals surface area contributed by atoms with E-state index in [1.54, 1.807) is 0 Å². The van der Waals surface area contributed by atoms with Crippen LogP contribution in [0, 0.1) is 5.41 Å². The number of nitrogens with zero attached hydrogens (tertiary/aromatic N) is 1. The highest BCUT2D eigenvalue weighted by molar-refractivity contribution is 5.85. The summed E-state index contributed by atoms with van der Waals surface area (Å²) in [4.78, 5) is 14.4. The standard InChI is InChI=1S/C11H16N2O4/c14-7-11(3-1-2-4-11)6-12-10-13-8(5-17-10)9(15)16/h5,14H,1-4,6-7H2,(H,12,13)(H,15,16). The van der Waals surface area contributed by atoms with Crippen molar-refractivity contribution in [2.75, 3.05) is 18.5 Å². The molecule has 0 amide bonds. The van der Waals surface area contributed by atoms with Crippen molar-refractivity contribution in [1.29, 1.82) is 0 Å². The van der Waals surface area contributed by atoms with E-state index in [-0.39, 0.29) is 23.7 Å². The Morgan fingerprint density at radius 3 is 2.76 bits per heavy atom. The van der Waals surface area contributed by atoms with Crippen LogP contribution in [0.25, 0.3) is 0 Å². The van der Waals surface area contributed by atoms with Crippen LogP contribution in [-0.4, -0.2) is 34.3 Å². The van der Waals surface area contributed by atoms with Gasteiger partial charge in [-0.05, 0) is 12.8 Å². The van der Waals surface area contributed by atoms with E-state index in [1.165, 1.54) is 0 Å². The monoisotopic (exact) mass is 240 g/mol. The van der Waals surface area contributed by atoms with E-state index in [0.29, 0.717) is 6.54 Å². The number of hydrogen-bond acceptors (Lipinski definition) is 5. The molecule has 1 aromatic heterocycles. The summed E-state index contributed by atoms with van der Waals surface area (Å²) in [6.07, 6.45) is 5.29. The number of aliphatic hydroxyl groups is 1. The summed E-state index contributed by atoms with van der Waals surface area (Å²) in [6.45, 7) is 0.690. The molecule has 0 saturated heterocycles. The maximum Gasteiger partial charge on any atom is 0.357 e. The van der Waals surface area contributed by atoms with Crippen LogP contribution < -0.4 is 5.32 Å². The number of carboxylic acids is 1. The van der Waals surface area contributed by atoms with Gasteiger partial charge in [-0.2, -0.15) is 4.98 Å². The SMILES string of the molecule is O=C(O)c1coc(NCC2(CO)CCCC2)n1. The molecular formula is C11H16N2O4. The van der Waals surface area contributed by atoms with Gasteiger partial charge in [-0.1, -0.05) is 12.8 Å². The van der Waals surface area contributed by atoms with Crippen molar-refractivity contribution < 1.29 is 19.4 Å². The highest BCUT2D eigenvalue weighted by atomic mass is 16.4. The molecule has 0 radical (unpaired) electrons. The molecule has 6 nitrogen and oxygen atoms in total. The lowest BCUT2D eigenvalue weighted by Crippen LogP contribution is -2.30. The van der Waals surface area contributed by atoms with Gasteiger partial charge in [0, 0.05) is 12.0 Å². The van der Waals surface area contributed by atoms with Crippen molar-refractivity contribution in [1.82, 2.24) is 4.98 Å². The summed E-state index contributed by atoms with van der Waals surface area (Å²) in [5.74, 6) is -1.11. The molecule has 1 heterocycles. The third kappa shape index (κ3) is 2.58. The van der Waals surface area contributed by atoms with Gasteiger partial charge in [-0.3, -0.25) is 0 Å². The first-order valence-corrected chi connectivity index (χ1v) is 5.69. The molecule has 0 aliphatic heterocycles. The quantitative estimate of drug-likeness (QED) is 0.718. The van der Waals surface area contributed by atoms with Crippen molar-refractivity contribution >= 4 is 12.0 Å². The number of rotatable bonds is 5. The molecule has 17 heavy (non-hydrogen) atoms. The number of oxazole rings is 1. The molecule has 1 aliphatic carbocycles. The van der Waals surface area contributed by atoms with Crippen LogP contribution in [0.5, 0.6) is 0 Å².